The van der Waals surface area contributed by atoms with Crippen LogP contribution in [0.4, 0.5) is 4.39 Å². The zero-order valence-electron chi connectivity index (χ0n) is 12.0. The first-order chi connectivity index (χ1) is 10.6. The molecule has 0 aromatic heterocycles. The van der Waals surface area contributed by atoms with Gasteiger partial charge in [0.05, 0.1) is 5.56 Å². The molecule has 0 heterocycles. The van der Waals surface area contributed by atoms with Gasteiger partial charge in [0.2, 0.25) is 0 Å². The summed E-state index contributed by atoms with van der Waals surface area (Å²) >= 11 is 0. The van der Waals surface area contributed by atoms with Crippen molar-refractivity contribution in [2.75, 3.05) is 0 Å². The largest absolute Gasteiger partial charge is 0.489 e. The summed E-state index contributed by atoms with van der Waals surface area (Å²) in [5.41, 5.74) is 1.12. The lowest BCUT2D eigenvalue weighted by atomic mass is 10.2. The second-order valence-electron chi connectivity index (χ2n) is 4.62. The summed E-state index contributed by atoms with van der Waals surface area (Å²) in [7, 11) is 0. The molecular formula is C17H14FNO3. The highest BCUT2D eigenvalue weighted by Crippen LogP contribution is 2.16. The quantitative estimate of drug-likeness (QED) is 0.793. The van der Waals surface area contributed by atoms with E-state index in [1.54, 1.807) is 30.3 Å². The second kappa shape index (κ2) is 7.23. The number of benzene rings is 2. The number of nitriles is 1. The minimum atomic E-state index is -0.809. The van der Waals surface area contributed by atoms with E-state index in [9.17, 15) is 9.18 Å². The molecule has 22 heavy (non-hydrogen) atoms. The standard InChI is InChI=1S/C17H14FNO3/c1-12(10-19)22-17(20)14-3-2-4-16(9-14)21-11-13-5-7-15(18)8-6-13/h2-9,12H,11H2,1H3/t12-/m1/s1. The van der Waals surface area contributed by atoms with Gasteiger partial charge < -0.3 is 9.47 Å². The Morgan fingerprint density at radius 1 is 1.27 bits per heavy atom. The van der Waals surface area contributed by atoms with Gasteiger partial charge >= 0.3 is 5.97 Å². The average molecular weight is 299 g/mol. The number of hydrogen-bond donors (Lipinski definition) is 0. The van der Waals surface area contributed by atoms with Crippen molar-refractivity contribution in [2.24, 2.45) is 0 Å². The third-order valence-corrected chi connectivity index (χ3v) is 2.85. The van der Waals surface area contributed by atoms with Crippen molar-refractivity contribution in [3.8, 4) is 11.8 Å². The summed E-state index contributed by atoms with van der Waals surface area (Å²) in [6, 6.07) is 14.3. The van der Waals surface area contributed by atoms with Crippen molar-refractivity contribution in [3.63, 3.8) is 0 Å². The van der Waals surface area contributed by atoms with Gasteiger partial charge in [-0.3, -0.25) is 0 Å². The summed E-state index contributed by atoms with van der Waals surface area (Å²) in [5, 5.41) is 8.64. The maximum Gasteiger partial charge on any atom is 0.339 e. The molecule has 0 unspecified atom stereocenters. The fourth-order valence-electron chi connectivity index (χ4n) is 1.72. The number of esters is 1. The van der Waals surface area contributed by atoms with Crippen LogP contribution in [0.5, 0.6) is 5.75 Å². The molecule has 5 heteroatoms. The van der Waals surface area contributed by atoms with E-state index in [0.29, 0.717) is 11.3 Å². The average Bonchev–Trinajstić information content (AvgIpc) is 2.54. The van der Waals surface area contributed by atoms with E-state index in [-0.39, 0.29) is 12.4 Å². The lowest BCUT2D eigenvalue weighted by Gasteiger charge is -2.09. The predicted molar refractivity (Wildman–Crippen MR) is 77.7 cm³/mol. The Kier molecular flexibility index (Phi) is 5.10. The fourth-order valence-corrected chi connectivity index (χ4v) is 1.72. The molecule has 0 saturated heterocycles. The minimum absolute atomic E-state index is 0.257. The Balaban J connectivity index is 2.01. The summed E-state index contributed by atoms with van der Waals surface area (Å²) in [4.78, 5) is 11.8. The highest BCUT2D eigenvalue weighted by molar-refractivity contribution is 5.90. The summed E-state index contributed by atoms with van der Waals surface area (Å²) < 4.78 is 23.3. The van der Waals surface area contributed by atoms with Crippen molar-refractivity contribution in [2.45, 2.75) is 19.6 Å². The zero-order valence-corrected chi connectivity index (χ0v) is 12.0. The van der Waals surface area contributed by atoms with Crippen LogP contribution in [-0.2, 0) is 11.3 Å². The summed E-state index contributed by atoms with van der Waals surface area (Å²) in [5.74, 6) is -0.398. The van der Waals surface area contributed by atoms with Crippen LogP contribution in [0.2, 0.25) is 0 Å². The highest BCUT2D eigenvalue weighted by atomic mass is 19.1. The number of carbonyl (C=O) groups excluding carboxylic acids is 1. The van der Waals surface area contributed by atoms with Crippen molar-refractivity contribution < 1.29 is 18.7 Å². The number of ether oxygens (including phenoxy) is 2. The van der Waals surface area contributed by atoms with Gasteiger partial charge in [0.25, 0.3) is 0 Å². The van der Waals surface area contributed by atoms with Gasteiger partial charge in [-0.25, -0.2) is 9.18 Å². The van der Waals surface area contributed by atoms with Crippen molar-refractivity contribution >= 4 is 5.97 Å². The predicted octanol–water partition coefficient (Wildman–Crippen LogP) is 3.47. The van der Waals surface area contributed by atoms with Gasteiger partial charge in [-0.1, -0.05) is 18.2 Å². The zero-order chi connectivity index (χ0) is 15.9. The van der Waals surface area contributed by atoms with Gasteiger partial charge in [-0.2, -0.15) is 5.26 Å². The third-order valence-electron chi connectivity index (χ3n) is 2.85. The van der Waals surface area contributed by atoms with Gasteiger partial charge in [-0.15, -0.1) is 0 Å². The monoisotopic (exact) mass is 299 g/mol. The van der Waals surface area contributed by atoms with Gasteiger partial charge in [-0.05, 0) is 42.8 Å². The van der Waals surface area contributed by atoms with Crippen molar-refractivity contribution in [1.82, 2.24) is 0 Å². The molecule has 0 aliphatic rings. The Morgan fingerprint density at radius 3 is 2.68 bits per heavy atom. The lowest BCUT2D eigenvalue weighted by Crippen LogP contribution is -2.13. The maximum absolute atomic E-state index is 12.8. The molecule has 0 fully saturated rings. The first kappa shape index (κ1) is 15.5. The molecule has 0 spiro atoms. The SMILES string of the molecule is C[C@H](C#N)OC(=O)c1cccc(OCc2ccc(F)cc2)c1. The third kappa shape index (κ3) is 4.32. The first-order valence-corrected chi connectivity index (χ1v) is 6.66. The van der Waals surface area contributed by atoms with Crippen LogP contribution in [0, 0.1) is 17.1 Å². The van der Waals surface area contributed by atoms with E-state index in [4.69, 9.17) is 14.7 Å². The Hall–Kier alpha value is -2.87. The van der Waals surface area contributed by atoms with Crippen LogP contribution in [-0.4, -0.2) is 12.1 Å². The Labute approximate surface area is 127 Å². The number of rotatable bonds is 5. The number of halogens is 1. The summed E-state index contributed by atoms with van der Waals surface area (Å²) in [6.07, 6.45) is -0.809. The molecule has 0 N–H and O–H groups in total. The van der Waals surface area contributed by atoms with Crippen LogP contribution < -0.4 is 4.74 Å². The number of nitrogens with zero attached hydrogens (tertiary/aromatic N) is 1. The van der Waals surface area contributed by atoms with E-state index in [0.717, 1.165) is 5.56 Å². The Bertz CT molecular complexity index is 692. The molecule has 0 radical (unpaired) electrons. The van der Waals surface area contributed by atoms with E-state index in [2.05, 4.69) is 0 Å². The molecule has 1 atom stereocenters. The second-order valence-corrected chi connectivity index (χ2v) is 4.62. The van der Waals surface area contributed by atoms with E-state index >= 15 is 0 Å². The number of hydrogen-bond acceptors (Lipinski definition) is 4. The van der Waals surface area contributed by atoms with E-state index in [1.165, 1.54) is 25.1 Å². The van der Waals surface area contributed by atoms with E-state index in [1.807, 2.05) is 6.07 Å². The molecule has 0 aliphatic heterocycles. The summed E-state index contributed by atoms with van der Waals surface area (Å²) in [6.45, 7) is 1.75. The molecular weight excluding hydrogens is 285 g/mol. The maximum atomic E-state index is 12.8. The molecule has 2 aromatic rings. The molecule has 0 bridgehead atoms. The minimum Gasteiger partial charge on any atom is -0.489 e. The smallest absolute Gasteiger partial charge is 0.339 e. The van der Waals surface area contributed by atoms with Crippen molar-refractivity contribution in [3.05, 3.63) is 65.5 Å². The van der Waals surface area contributed by atoms with E-state index < -0.39 is 12.1 Å². The molecule has 0 amide bonds. The fraction of sp³-hybridized carbons (Fsp3) is 0.176. The van der Waals surface area contributed by atoms with Crippen molar-refractivity contribution in [1.29, 1.82) is 5.26 Å². The highest BCUT2D eigenvalue weighted by Gasteiger charge is 2.12. The topological polar surface area (TPSA) is 59.3 Å². The first-order valence-electron chi connectivity index (χ1n) is 6.66. The van der Waals surface area contributed by atoms with Crippen LogP contribution in [0.3, 0.4) is 0 Å². The molecule has 0 saturated carbocycles. The molecule has 2 rings (SSSR count). The number of carbonyl (C=O) groups is 1. The Morgan fingerprint density at radius 2 is 2.00 bits per heavy atom. The van der Waals surface area contributed by atoms with Gasteiger partial charge in [0.15, 0.2) is 6.10 Å². The van der Waals surface area contributed by atoms with Gasteiger partial charge in [0, 0.05) is 0 Å². The lowest BCUT2D eigenvalue weighted by molar-refractivity contribution is 0.0435. The molecule has 2 aromatic carbocycles. The normalized spacial score (nSPS) is 11.3. The van der Waals surface area contributed by atoms with Crippen LogP contribution in [0.1, 0.15) is 22.8 Å². The molecule has 0 aliphatic carbocycles. The molecule has 112 valence electrons. The van der Waals surface area contributed by atoms with Crippen LogP contribution in [0.15, 0.2) is 48.5 Å². The van der Waals surface area contributed by atoms with Crippen LogP contribution >= 0.6 is 0 Å². The van der Waals surface area contributed by atoms with Gasteiger partial charge in [0.1, 0.15) is 24.2 Å². The molecule has 4 nitrogen and oxygen atoms in total. The van der Waals surface area contributed by atoms with Crippen LogP contribution in [0.25, 0.3) is 0 Å².